The van der Waals surface area contributed by atoms with E-state index in [9.17, 15) is 9.59 Å². The molecule has 2 aromatic heterocycles. The number of pyridine rings is 1. The number of para-hydroxylation sites is 1. The largest absolute Gasteiger partial charge is 0.320 e. The Balaban J connectivity index is 1.70. The first-order valence-electron chi connectivity index (χ1n) is 9.66. The SMILES string of the molecule is Cc1cc(C)c(NC(=O)c2nc(C(=O)Nc3ccccc3)n3ccccc23)c(C)c1. The van der Waals surface area contributed by atoms with Crippen molar-refractivity contribution >= 4 is 28.7 Å². The predicted octanol–water partition coefficient (Wildman–Crippen LogP) is 4.76. The average Bonchev–Trinajstić information content (AvgIpc) is 3.11. The Morgan fingerprint density at radius 3 is 2.20 bits per heavy atom. The molecule has 0 aliphatic heterocycles. The second kappa shape index (κ2) is 7.83. The highest BCUT2D eigenvalue weighted by molar-refractivity contribution is 6.10. The molecule has 0 unspecified atom stereocenters. The number of fused-ring (bicyclic) bond motifs is 1. The van der Waals surface area contributed by atoms with Gasteiger partial charge in [-0.1, -0.05) is 42.0 Å². The summed E-state index contributed by atoms with van der Waals surface area (Å²) in [5, 5.41) is 5.79. The molecular formula is C24H22N4O2. The standard InChI is InChI=1S/C24H22N4O2/c1-15-13-16(2)20(17(3)14-15)27-23(29)21-19-11-7-8-12-28(19)22(26-21)24(30)25-18-9-5-4-6-10-18/h4-14H,1-3H3,(H,25,30)(H,27,29). The van der Waals surface area contributed by atoms with Crippen LogP contribution in [0.25, 0.3) is 5.52 Å². The van der Waals surface area contributed by atoms with Crippen molar-refractivity contribution in [3.8, 4) is 0 Å². The number of aryl methyl sites for hydroxylation is 3. The van der Waals surface area contributed by atoms with Gasteiger partial charge < -0.3 is 10.6 Å². The quantitative estimate of drug-likeness (QED) is 0.520. The third-order valence-electron chi connectivity index (χ3n) is 4.91. The Bertz CT molecular complexity index is 1240. The Morgan fingerprint density at radius 2 is 1.50 bits per heavy atom. The van der Waals surface area contributed by atoms with Crippen molar-refractivity contribution in [1.82, 2.24) is 9.38 Å². The van der Waals surface area contributed by atoms with E-state index in [-0.39, 0.29) is 23.3 Å². The Morgan fingerprint density at radius 1 is 0.833 bits per heavy atom. The first-order chi connectivity index (χ1) is 14.4. The minimum Gasteiger partial charge on any atom is -0.320 e. The highest BCUT2D eigenvalue weighted by Gasteiger charge is 2.22. The minimum absolute atomic E-state index is 0.150. The van der Waals surface area contributed by atoms with E-state index in [1.54, 1.807) is 34.9 Å². The zero-order chi connectivity index (χ0) is 21.3. The summed E-state index contributed by atoms with van der Waals surface area (Å²) in [5.74, 6) is -0.589. The molecule has 2 heterocycles. The number of imidazole rings is 1. The van der Waals surface area contributed by atoms with Gasteiger partial charge in [0.25, 0.3) is 11.8 Å². The summed E-state index contributed by atoms with van der Waals surface area (Å²) in [6, 6.07) is 18.6. The summed E-state index contributed by atoms with van der Waals surface area (Å²) in [6.07, 6.45) is 1.72. The zero-order valence-electron chi connectivity index (χ0n) is 17.1. The molecule has 2 amide bonds. The molecule has 30 heavy (non-hydrogen) atoms. The molecule has 4 aromatic rings. The molecule has 4 rings (SSSR count). The molecule has 2 N–H and O–H groups in total. The summed E-state index contributed by atoms with van der Waals surface area (Å²) >= 11 is 0. The Kier molecular flexibility index (Phi) is 5.06. The van der Waals surface area contributed by atoms with Crippen molar-refractivity contribution in [3.05, 3.63) is 95.1 Å². The molecule has 0 saturated carbocycles. The van der Waals surface area contributed by atoms with Crippen molar-refractivity contribution < 1.29 is 9.59 Å². The van der Waals surface area contributed by atoms with Gasteiger partial charge in [0.05, 0.1) is 5.52 Å². The van der Waals surface area contributed by atoms with Crippen LogP contribution < -0.4 is 10.6 Å². The number of carbonyl (C=O) groups excluding carboxylic acids is 2. The normalized spacial score (nSPS) is 10.8. The van der Waals surface area contributed by atoms with Gasteiger partial charge in [-0.05, 0) is 56.2 Å². The van der Waals surface area contributed by atoms with Gasteiger partial charge in [0.2, 0.25) is 5.82 Å². The molecule has 0 saturated heterocycles. The van der Waals surface area contributed by atoms with Crippen molar-refractivity contribution in [3.63, 3.8) is 0 Å². The van der Waals surface area contributed by atoms with Crippen molar-refractivity contribution in [2.45, 2.75) is 20.8 Å². The Hall–Kier alpha value is -3.93. The predicted molar refractivity (Wildman–Crippen MR) is 118 cm³/mol. The fraction of sp³-hybridized carbons (Fsp3) is 0.125. The smallest absolute Gasteiger partial charge is 0.292 e. The number of benzene rings is 2. The van der Waals surface area contributed by atoms with Crippen LogP contribution in [0, 0.1) is 20.8 Å². The number of aromatic nitrogens is 2. The van der Waals surface area contributed by atoms with Gasteiger partial charge in [0, 0.05) is 17.6 Å². The van der Waals surface area contributed by atoms with Crippen LogP contribution in [-0.2, 0) is 0 Å². The number of rotatable bonds is 4. The van der Waals surface area contributed by atoms with Gasteiger partial charge in [0.15, 0.2) is 5.69 Å². The van der Waals surface area contributed by atoms with Crippen LogP contribution in [0.4, 0.5) is 11.4 Å². The first kappa shape index (κ1) is 19.4. The number of amides is 2. The van der Waals surface area contributed by atoms with Gasteiger partial charge in [-0.2, -0.15) is 0 Å². The van der Waals surface area contributed by atoms with Crippen LogP contribution in [0.15, 0.2) is 66.9 Å². The summed E-state index contributed by atoms with van der Waals surface area (Å²) in [5.41, 5.74) is 5.28. The Labute approximate surface area is 174 Å². The molecule has 0 fully saturated rings. The molecule has 2 aromatic carbocycles. The van der Waals surface area contributed by atoms with Crippen LogP contribution in [0.2, 0.25) is 0 Å². The molecule has 6 nitrogen and oxygen atoms in total. The summed E-state index contributed by atoms with van der Waals surface area (Å²) in [4.78, 5) is 30.3. The van der Waals surface area contributed by atoms with E-state index in [0.717, 1.165) is 22.4 Å². The molecule has 0 spiro atoms. The third-order valence-corrected chi connectivity index (χ3v) is 4.91. The summed E-state index contributed by atoms with van der Waals surface area (Å²) in [7, 11) is 0. The molecule has 0 aliphatic carbocycles. The van der Waals surface area contributed by atoms with E-state index in [1.165, 1.54) is 0 Å². The van der Waals surface area contributed by atoms with E-state index in [2.05, 4.69) is 15.6 Å². The summed E-state index contributed by atoms with van der Waals surface area (Å²) in [6.45, 7) is 5.94. The third kappa shape index (κ3) is 3.67. The van der Waals surface area contributed by atoms with Crippen molar-refractivity contribution in [2.24, 2.45) is 0 Å². The topological polar surface area (TPSA) is 75.5 Å². The number of anilines is 2. The number of hydrogen-bond donors (Lipinski definition) is 2. The minimum atomic E-state index is -0.385. The molecule has 0 aliphatic rings. The maximum Gasteiger partial charge on any atom is 0.292 e. The van der Waals surface area contributed by atoms with Crippen LogP contribution in [0.5, 0.6) is 0 Å². The fourth-order valence-corrected chi connectivity index (χ4v) is 3.62. The molecule has 0 atom stereocenters. The van der Waals surface area contributed by atoms with Crippen molar-refractivity contribution in [1.29, 1.82) is 0 Å². The second-order valence-electron chi connectivity index (χ2n) is 7.29. The lowest BCUT2D eigenvalue weighted by Gasteiger charge is -2.12. The lowest BCUT2D eigenvalue weighted by molar-refractivity contribution is 0.101. The number of carbonyl (C=O) groups is 2. The van der Waals surface area contributed by atoms with Crippen LogP contribution in [0.3, 0.4) is 0 Å². The van der Waals surface area contributed by atoms with Gasteiger partial charge >= 0.3 is 0 Å². The second-order valence-corrected chi connectivity index (χ2v) is 7.29. The van der Waals surface area contributed by atoms with Crippen LogP contribution >= 0.6 is 0 Å². The van der Waals surface area contributed by atoms with E-state index in [0.29, 0.717) is 11.2 Å². The monoisotopic (exact) mass is 398 g/mol. The summed E-state index contributed by atoms with van der Waals surface area (Å²) < 4.78 is 1.63. The van der Waals surface area contributed by atoms with E-state index < -0.39 is 0 Å². The highest BCUT2D eigenvalue weighted by atomic mass is 16.2. The number of hydrogen-bond acceptors (Lipinski definition) is 3. The fourth-order valence-electron chi connectivity index (χ4n) is 3.62. The van der Waals surface area contributed by atoms with Crippen LogP contribution in [-0.4, -0.2) is 21.2 Å². The van der Waals surface area contributed by atoms with E-state index in [1.807, 2.05) is 57.2 Å². The molecule has 0 bridgehead atoms. The van der Waals surface area contributed by atoms with Gasteiger partial charge in [0.1, 0.15) is 0 Å². The van der Waals surface area contributed by atoms with E-state index in [4.69, 9.17) is 0 Å². The molecule has 150 valence electrons. The number of nitrogens with one attached hydrogen (secondary N) is 2. The molecule has 0 radical (unpaired) electrons. The van der Waals surface area contributed by atoms with Gasteiger partial charge in [-0.25, -0.2) is 4.98 Å². The lowest BCUT2D eigenvalue weighted by atomic mass is 10.0. The number of nitrogens with zero attached hydrogens (tertiary/aromatic N) is 2. The van der Waals surface area contributed by atoms with E-state index >= 15 is 0 Å². The molecule has 6 heteroatoms. The first-order valence-corrected chi connectivity index (χ1v) is 9.66. The van der Waals surface area contributed by atoms with Gasteiger partial charge in [-0.15, -0.1) is 0 Å². The highest BCUT2D eigenvalue weighted by Crippen LogP contribution is 2.24. The van der Waals surface area contributed by atoms with Crippen LogP contribution in [0.1, 0.15) is 37.8 Å². The molecular weight excluding hydrogens is 376 g/mol. The lowest BCUT2D eigenvalue weighted by Crippen LogP contribution is -2.17. The zero-order valence-corrected chi connectivity index (χ0v) is 17.1. The average molecular weight is 398 g/mol. The maximum absolute atomic E-state index is 13.1. The van der Waals surface area contributed by atoms with Crippen molar-refractivity contribution in [2.75, 3.05) is 10.6 Å². The maximum atomic E-state index is 13.1. The van der Waals surface area contributed by atoms with Gasteiger partial charge in [-0.3, -0.25) is 14.0 Å².